The van der Waals surface area contributed by atoms with Gasteiger partial charge in [-0.25, -0.2) is 4.90 Å². The molecule has 0 aliphatic carbocycles. The van der Waals surface area contributed by atoms with Crippen LogP contribution in [-0.2, 0) is 0 Å². The van der Waals surface area contributed by atoms with E-state index in [1.54, 1.807) is 0 Å². The molecule has 1 aliphatic rings. The topological polar surface area (TPSA) is 18.8 Å². The largest absolute Gasteiger partial charge is 0.487 e. The molecule has 0 spiro atoms. The Morgan fingerprint density at radius 1 is 1.29 bits per heavy atom. The van der Waals surface area contributed by atoms with Crippen molar-refractivity contribution in [1.82, 2.24) is 9.91 Å². The minimum Gasteiger partial charge on any atom is -0.268 e. The molecular weight excluding hydrogens is 301 g/mol. The Bertz CT molecular complexity index is 290. The summed E-state index contributed by atoms with van der Waals surface area (Å²) in [6.45, 7) is 2.21. The van der Waals surface area contributed by atoms with Crippen molar-refractivity contribution in [2.45, 2.75) is 36.0 Å². The fourth-order valence-corrected chi connectivity index (χ4v) is 2.08. The van der Waals surface area contributed by atoms with E-state index in [1.165, 1.54) is 0 Å². The van der Waals surface area contributed by atoms with Gasteiger partial charge in [-0.05, 0) is 6.42 Å². The highest BCUT2D eigenvalue weighted by atomic mass is 35.6. The molecule has 0 N–H and O–H groups in total. The van der Waals surface area contributed by atoms with Crippen LogP contribution in [0.4, 0.5) is 13.2 Å². The molecule has 17 heavy (non-hydrogen) atoms. The molecule has 1 rings (SSSR count). The van der Waals surface area contributed by atoms with Gasteiger partial charge in [-0.3, -0.25) is 5.01 Å². The van der Waals surface area contributed by atoms with Gasteiger partial charge in [0.1, 0.15) is 6.34 Å². The van der Waals surface area contributed by atoms with Crippen LogP contribution in [0, 0.1) is 0 Å². The predicted octanol–water partition coefficient (Wildman–Crippen LogP) is 3.56. The van der Waals surface area contributed by atoms with Gasteiger partial charge in [0, 0.05) is 6.54 Å². The number of hydrogen-bond acceptors (Lipinski definition) is 3. The first kappa shape index (κ1) is 15.0. The first-order valence-electron chi connectivity index (χ1n) is 4.90. The summed E-state index contributed by atoms with van der Waals surface area (Å²) in [5.41, 5.74) is 0. The molecule has 9 heteroatoms. The van der Waals surface area contributed by atoms with Crippen LogP contribution in [0.5, 0.6) is 0 Å². The minimum absolute atomic E-state index is 0.00431. The first-order valence-corrected chi connectivity index (χ1v) is 6.04. The van der Waals surface area contributed by atoms with Crippen molar-refractivity contribution in [2.75, 3.05) is 6.54 Å². The Morgan fingerprint density at radius 2 is 1.88 bits per heavy atom. The van der Waals surface area contributed by atoms with E-state index in [4.69, 9.17) is 34.8 Å². The minimum atomic E-state index is -4.63. The molecular formula is C8H11Cl3F3N3. The zero-order valence-electron chi connectivity index (χ0n) is 8.89. The summed E-state index contributed by atoms with van der Waals surface area (Å²) in [6, 6.07) is 0. The van der Waals surface area contributed by atoms with Crippen LogP contribution in [0.15, 0.2) is 5.10 Å². The summed E-state index contributed by atoms with van der Waals surface area (Å²) in [5, 5.41) is 4.77. The van der Waals surface area contributed by atoms with Crippen LogP contribution in [-0.4, -0.2) is 39.1 Å². The maximum atomic E-state index is 12.7. The maximum Gasteiger partial charge on any atom is 0.487 e. The lowest BCUT2D eigenvalue weighted by molar-refractivity contribution is -0.234. The molecule has 0 fully saturated rings. The van der Waals surface area contributed by atoms with Gasteiger partial charge in [0.15, 0.2) is 6.17 Å². The highest BCUT2D eigenvalue weighted by Crippen LogP contribution is 2.41. The van der Waals surface area contributed by atoms with Crippen molar-refractivity contribution in [1.29, 1.82) is 0 Å². The monoisotopic (exact) mass is 311 g/mol. The molecule has 0 amide bonds. The Labute approximate surface area is 112 Å². The van der Waals surface area contributed by atoms with E-state index in [-0.39, 0.29) is 4.90 Å². The molecule has 0 aromatic heterocycles. The summed E-state index contributed by atoms with van der Waals surface area (Å²) in [5.74, 6) is 0. The van der Waals surface area contributed by atoms with Gasteiger partial charge in [-0.15, -0.1) is 13.2 Å². The predicted molar refractivity (Wildman–Crippen MR) is 62.1 cm³/mol. The quantitative estimate of drug-likeness (QED) is 0.586. The van der Waals surface area contributed by atoms with Gasteiger partial charge >= 0.3 is 6.30 Å². The van der Waals surface area contributed by atoms with Crippen LogP contribution in [0.2, 0.25) is 0 Å². The number of rotatable bonds is 3. The molecule has 3 nitrogen and oxygen atoms in total. The Hall–Kier alpha value is -0.0700. The van der Waals surface area contributed by atoms with E-state index in [0.717, 1.165) is 11.4 Å². The van der Waals surface area contributed by atoms with Crippen LogP contribution >= 0.6 is 34.8 Å². The number of unbranched alkanes of at least 4 members (excludes halogenated alkanes) is 1. The third kappa shape index (κ3) is 3.69. The SMILES string of the molecule is CCCCN1N=CN(C(F)(F)F)C1C(Cl)(Cl)Cl. The summed E-state index contributed by atoms with van der Waals surface area (Å²) < 4.78 is 35.9. The van der Waals surface area contributed by atoms with Crippen molar-refractivity contribution in [2.24, 2.45) is 5.10 Å². The van der Waals surface area contributed by atoms with Gasteiger partial charge in [-0.1, -0.05) is 48.1 Å². The molecule has 0 saturated heterocycles. The van der Waals surface area contributed by atoms with E-state index < -0.39 is 16.3 Å². The summed E-state index contributed by atoms with van der Waals surface area (Å²) in [6.07, 6.45) is -3.97. The highest BCUT2D eigenvalue weighted by molar-refractivity contribution is 6.68. The van der Waals surface area contributed by atoms with Crippen molar-refractivity contribution >= 4 is 41.1 Å². The third-order valence-electron chi connectivity index (χ3n) is 2.20. The van der Waals surface area contributed by atoms with Crippen LogP contribution in [0.1, 0.15) is 19.8 Å². The van der Waals surface area contributed by atoms with Crippen LogP contribution < -0.4 is 0 Å². The molecule has 0 saturated carbocycles. The number of nitrogens with zero attached hydrogens (tertiary/aromatic N) is 3. The molecule has 1 heterocycles. The van der Waals surface area contributed by atoms with Crippen molar-refractivity contribution in [3.05, 3.63) is 0 Å². The summed E-state index contributed by atoms with van der Waals surface area (Å²) in [7, 11) is 0. The summed E-state index contributed by atoms with van der Waals surface area (Å²) >= 11 is 16.7. The number of hydrazone groups is 1. The lowest BCUT2D eigenvalue weighted by Gasteiger charge is -2.35. The van der Waals surface area contributed by atoms with Crippen LogP contribution in [0.3, 0.4) is 0 Å². The fraction of sp³-hybridized carbons (Fsp3) is 0.875. The molecule has 1 atom stereocenters. The molecule has 100 valence electrons. The Kier molecular flexibility index (Phi) is 4.66. The van der Waals surface area contributed by atoms with E-state index in [9.17, 15) is 13.2 Å². The smallest absolute Gasteiger partial charge is 0.268 e. The second-order valence-corrected chi connectivity index (χ2v) is 5.91. The lowest BCUT2D eigenvalue weighted by Crippen LogP contribution is -2.54. The third-order valence-corrected chi connectivity index (χ3v) is 2.78. The normalized spacial score (nSPS) is 21.5. The molecule has 0 radical (unpaired) electrons. The van der Waals surface area contributed by atoms with Gasteiger partial charge in [0.05, 0.1) is 0 Å². The van der Waals surface area contributed by atoms with E-state index in [0.29, 0.717) is 19.3 Å². The van der Waals surface area contributed by atoms with E-state index in [2.05, 4.69) is 5.10 Å². The number of halogens is 6. The van der Waals surface area contributed by atoms with Crippen LogP contribution in [0.25, 0.3) is 0 Å². The zero-order valence-corrected chi connectivity index (χ0v) is 11.2. The van der Waals surface area contributed by atoms with Gasteiger partial charge in [0.25, 0.3) is 0 Å². The lowest BCUT2D eigenvalue weighted by atomic mass is 10.3. The summed E-state index contributed by atoms with van der Waals surface area (Å²) in [4.78, 5) is -0.00431. The fourth-order valence-electron chi connectivity index (χ4n) is 1.42. The molecule has 0 bridgehead atoms. The average molecular weight is 313 g/mol. The highest BCUT2D eigenvalue weighted by Gasteiger charge is 2.53. The van der Waals surface area contributed by atoms with Crippen molar-refractivity contribution in [3.63, 3.8) is 0 Å². The average Bonchev–Trinajstić information content (AvgIpc) is 2.56. The first-order chi connectivity index (χ1) is 7.68. The standard InChI is InChI=1S/C8H11Cl3F3N3/c1-2-3-4-17-6(7(9,10)11)16(5-15-17)8(12,13)14/h5-6H,2-4H2,1H3. The second-order valence-electron chi connectivity index (χ2n) is 3.54. The Balaban J connectivity index is 2.86. The van der Waals surface area contributed by atoms with Crippen molar-refractivity contribution < 1.29 is 13.2 Å². The Morgan fingerprint density at radius 3 is 2.29 bits per heavy atom. The molecule has 1 unspecified atom stereocenters. The molecule has 0 aromatic carbocycles. The zero-order chi connectivity index (χ0) is 13.3. The maximum absolute atomic E-state index is 12.7. The van der Waals surface area contributed by atoms with E-state index >= 15 is 0 Å². The van der Waals surface area contributed by atoms with Gasteiger partial charge in [-0.2, -0.15) is 5.10 Å². The second kappa shape index (κ2) is 5.28. The van der Waals surface area contributed by atoms with Crippen molar-refractivity contribution in [3.8, 4) is 0 Å². The van der Waals surface area contributed by atoms with Gasteiger partial charge < -0.3 is 0 Å². The molecule has 0 aromatic rings. The van der Waals surface area contributed by atoms with E-state index in [1.807, 2.05) is 6.92 Å². The van der Waals surface area contributed by atoms with Gasteiger partial charge in [0.2, 0.25) is 3.79 Å². The molecule has 1 aliphatic heterocycles. The number of alkyl halides is 6. The number of hydrogen-bond donors (Lipinski definition) is 0.